The van der Waals surface area contributed by atoms with Crippen molar-refractivity contribution in [3.05, 3.63) is 106 Å². The van der Waals surface area contributed by atoms with Crippen molar-refractivity contribution in [1.82, 2.24) is 0 Å². The predicted molar refractivity (Wildman–Crippen MR) is 103 cm³/mol. The maximum absolute atomic E-state index is 12.8. The van der Waals surface area contributed by atoms with Crippen LogP contribution in [0.15, 0.2) is 72.8 Å². The minimum Gasteiger partial charge on any atom is -0.508 e. The zero-order valence-electron chi connectivity index (χ0n) is 13.7. The van der Waals surface area contributed by atoms with Gasteiger partial charge in [-0.2, -0.15) is 0 Å². The highest BCUT2D eigenvalue weighted by Gasteiger charge is 2.25. The average molecular weight is 360 g/mol. The number of allylic oxidation sites excluding steroid dienone is 1. The summed E-state index contributed by atoms with van der Waals surface area (Å²) in [7, 11) is 0. The second kappa shape index (κ2) is 6.28. The molecule has 0 fully saturated rings. The summed E-state index contributed by atoms with van der Waals surface area (Å²) in [6.07, 6.45) is 1.55. The number of phenols is 1. The molecule has 2 N–H and O–H groups in total. The fourth-order valence-electron chi connectivity index (χ4n) is 3.21. The first-order chi connectivity index (χ1) is 12.5. The fraction of sp³-hybridized carbons (Fsp3) is 0. The van der Waals surface area contributed by atoms with E-state index in [1.807, 2.05) is 30.3 Å². The number of carbonyl (C=O) groups is 1. The first-order valence-electron chi connectivity index (χ1n) is 8.08. The Morgan fingerprint density at radius 3 is 2.38 bits per heavy atom. The predicted octanol–water partition coefficient (Wildman–Crippen LogP) is 5.09. The topological polar surface area (TPSA) is 61.2 Å². The van der Waals surface area contributed by atoms with Gasteiger partial charge in [0.25, 0.3) is 0 Å². The molecular formula is C22H14ClNO2. The van der Waals surface area contributed by atoms with Crippen molar-refractivity contribution in [2.75, 3.05) is 0 Å². The van der Waals surface area contributed by atoms with Gasteiger partial charge in [-0.15, -0.1) is 0 Å². The van der Waals surface area contributed by atoms with Gasteiger partial charge in [0.05, 0.1) is 5.71 Å². The van der Waals surface area contributed by atoms with Crippen LogP contribution >= 0.6 is 11.6 Å². The molecule has 0 saturated carbocycles. The summed E-state index contributed by atoms with van der Waals surface area (Å²) in [4.78, 5) is 12.8. The summed E-state index contributed by atoms with van der Waals surface area (Å²) in [5.41, 5.74) is 4.63. The molecular weight excluding hydrogens is 346 g/mol. The molecule has 0 radical (unpaired) electrons. The van der Waals surface area contributed by atoms with E-state index < -0.39 is 0 Å². The monoisotopic (exact) mass is 359 g/mol. The Balaban J connectivity index is 1.93. The average Bonchev–Trinajstić information content (AvgIpc) is 2.65. The first-order valence-corrected chi connectivity index (χ1v) is 8.46. The Hall–Kier alpha value is -3.17. The van der Waals surface area contributed by atoms with Gasteiger partial charge in [0, 0.05) is 21.7 Å². The van der Waals surface area contributed by atoms with E-state index in [0.717, 1.165) is 27.8 Å². The van der Waals surface area contributed by atoms with Crippen LogP contribution in [0.5, 0.6) is 5.75 Å². The third-order valence-electron chi connectivity index (χ3n) is 4.43. The molecule has 0 bridgehead atoms. The smallest absolute Gasteiger partial charge is 0.186 e. The number of phenolic OH excluding ortho intramolecular Hbond substituents is 1. The van der Waals surface area contributed by atoms with Crippen LogP contribution in [-0.4, -0.2) is 16.6 Å². The van der Waals surface area contributed by atoms with E-state index in [4.69, 9.17) is 17.0 Å². The van der Waals surface area contributed by atoms with Crippen LogP contribution in [0.4, 0.5) is 0 Å². The Labute approximate surface area is 155 Å². The molecule has 0 amide bonds. The highest BCUT2D eigenvalue weighted by atomic mass is 35.5. The molecule has 3 nitrogen and oxygen atoms in total. The maximum Gasteiger partial charge on any atom is 0.186 e. The second-order valence-electron chi connectivity index (χ2n) is 6.08. The van der Waals surface area contributed by atoms with Gasteiger partial charge >= 0.3 is 0 Å². The number of aromatic hydroxyl groups is 1. The van der Waals surface area contributed by atoms with E-state index in [1.165, 1.54) is 12.1 Å². The van der Waals surface area contributed by atoms with Crippen molar-refractivity contribution in [1.29, 1.82) is 5.41 Å². The van der Waals surface area contributed by atoms with Gasteiger partial charge in [-0.05, 0) is 47.0 Å². The van der Waals surface area contributed by atoms with Gasteiger partial charge in [0.1, 0.15) is 5.75 Å². The summed E-state index contributed by atoms with van der Waals surface area (Å²) in [5.74, 6) is -0.173. The van der Waals surface area contributed by atoms with Gasteiger partial charge in [0.15, 0.2) is 5.78 Å². The van der Waals surface area contributed by atoms with E-state index in [2.05, 4.69) is 0 Å². The van der Waals surface area contributed by atoms with Crippen molar-refractivity contribution < 1.29 is 9.90 Å². The molecule has 26 heavy (non-hydrogen) atoms. The van der Waals surface area contributed by atoms with E-state index in [0.29, 0.717) is 16.3 Å². The summed E-state index contributed by atoms with van der Waals surface area (Å²) in [6, 6.07) is 19.1. The molecule has 0 atom stereocenters. The van der Waals surface area contributed by atoms with Crippen molar-refractivity contribution in [2.24, 2.45) is 0 Å². The SMILES string of the molecule is N=C1c2ccccc2C(=CC(=O)c2cccc(O)c2)c2cc(Cl)ccc21. The number of carbonyl (C=O) groups excluding carboxylic acids is 1. The Bertz CT molecular complexity index is 1100. The molecule has 0 unspecified atom stereocenters. The number of halogens is 1. The molecule has 0 aromatic heterocycles. The third-order valence-corrected chi connectivity index (χ3v) is 4.67. The number of hydrogen-bond acceptors (Lipinski definition) is 3. The van der Waals surface area contributed by atoms with Gasteiger partial charge in [-0.1, -0.05) is 54.1 Å². The van der Waals surface area contributed by atoms with Crippen LogP contribution in [0.25, 0.3) is 5.57 Å². The van der Waals surface area contributed by atoms with Crippen molar-refractivity contribution in [3.8, 4) is 5.75 Å². The van der Waals surface area contributed by atoms with Gasteiger partial charge in [-0.25, -0.2) is 0 Å². The summed E-state index contributed by atoms with van der Waals surface area (Å²) in [6.45, 7) is 0. The highest BCUT2D eigenvalue weighted by Crippen LogP contribution is 2.37. The van der Waals surface area contributed by atoms with E-state index in [1.54, 1.807) is 30.3 Å². The van der Waals surface area contributed by atoms with Crippen LogP contribution in [0, 0.1) is 5.41 Å². The number of benzene rings is 3. The lowest BCUT2D eigenvalue weighted by molar-refractivity contribution is 0.104. The van der Waals surface area contributed by atoms with Crippen LogP contribution in [0.3, 0.4) is 0 Å². The molecule has 3 aromatic carbocycles. The zero-order chi connectivity index (χ0) is 18.3. The van der Waals surface area contributed by atoms with E-state index in [9.17, 15) is 9.90 Å². The molecule has 4 rings (SSSR count). The van der Waals surface area contributed by atoms with E-state index >= 15 is 0 Å². The summed E-state index contributed by atoms with van der Waals surface area (Å²) < 4.78 is 0. The number of rotatable bonds is 2. The minimum atomic E-state index is -0.218. The van der Waals surface area contributed by atoms with Crippen molar-refractivity contribution >= 4 is 28.7 Å². The maximum atomic E-state index is 12.8. The molecule has 1 aliphatic carbocycles. The van der Waals surface area contributed by atoms with Crippen molar-refractivity contribution in [2.45, 2.75) is 0 Å². The molecule has 126 valence electrons. The van der Waals surface area contributed by atoms with Crippen molar-refractivity contribution in [3.63, 3.8) is 0 Å². The molecule has 3 aromatic rings. The molecule has 4 heteroatoms. The summed E-state index contributed by atoms with van der Waals surface area (Å²) in [5, 5.41) is 18.7. The quantitative estimate of drug-likeness (QED) is 0.387. The molecule has 0 aliphatic heterocycles. The zero-order valence-corrected chi connectivity index (χ0v) is 14.4. The fourth-order valence-corrected chi connectivity index (χ4v) is 3.38. The normalized spacial score (nSPS) is 14.0. The molecule has 1 aliphatic rings. The Morgan fingerprint density at radius 2 is 1.62 bits per heavy atom. The molecule has 0 saturated heterocycles. The second-order valence-corrected chi connectivity index (χ2v) is 6.52. The lowest BCUT2D eigenvalue weighted by Crippen LogP contribution is -2.15. The molecule has 0 heterocycles. The third kappa shape index (κ3) is 2.72. The Morgan fingerprint density at radius 1 is 0.885 bits per heavy atom. The van der Waals surface area contributed by atoms with Crippen LogP contribution in [-0.2, 0) is 0 Å². The van der Waals surface area contributed by atoms with Crippen LogP contribution in [0.1, 0.15) is 32.6 Å². The molecule has 0 spiro atoms. The van der Waals surface area contributed by atoms with Gasteiger partial charge in [-0.3, -0.25) is 10.2 Å². The standard InChI is InChI=1S/C22H14ClNO2/c23-14-8-9-18-19(11-14)20(16-6-1-2-7-17(16)22(18)24)12-21(26)13-4-3-5-15(25)10-13/h1-12,24-25H. The highest BCUT2D eigenvalue weighted by molar-refractivity contribution is 6.31. The Kier molecular flexibility index (Phi) is 3.94. The number of fused-ring (bicyclic) bond motifs is 2. The minimum absolute atomic E-state index is 0.0449. The lowest BCUT2D eigenvalue weighted by Gasteiger charge is -2.23. The largest absolute Gasteiger partial charge is 0.508 e. The first kappa shape index (κ1) is 16.3. The number of nitrogens with one attached hydrogen (secondary N) is 1. The van der Waals surface area contributed by atoms with Gasteiger partial charge < -0.3 is 5.11 Å². The van der Waals surface area contributed by atoms with E-state index in [-0.39, 0.29) is 11.5 Å². The summed E-state index contributed by atoms with van der Waals surface area (Å²) >= 11 is 6.18. The number of hydrogen-bond donors (Lipinski definition) is 2. The van der Waals surface area contributed by atoms with Crippen LogP contribution < -0.4 is 0 Å². The van der Waals surface area contributed by atoms with Crippen LogP contribution in [0.2, 0.25) is 5.02 Å². The number of ketones is 1. The lowest BCUT2D eigenvalue weighted by atomic mass is 9.80. The van der Waals surface area contributed by atoms with Gasteiger partial charge in [0.2, 0.25) is 0 Å².